The van der Waals surface area contributed by atoms with Crippen LogP contribution >= 0.6 is 0 Å². The van der Waals surface area contributed by atoms with E-state index in [2.05, 4.69) is 15.4 Å². The molecule has 0 saturated carbocycles. The molecule has 33 heavy (non-hydrogen) atoms. The van der Waals surface area contributed by atoms with Gasteiger partial charge < -0.3 is 5.32 Å². The lowest BCUT2D eigenvalue weighted by Gasteiger charge is -2.24. The van der Waals surface area contributed by atoms with Gasteiger partial charge in [0.2, 0.25) is 0 Å². The van der Waals surface area contributed by atoms with Gasteiger partial charge in [0.25, 0.3) is 5.91 Å². The van der Waals surface area contributed by atoms with Crippen molar-refractivity contribution in [3.8, 4) is 5.69 Å². The Morgan fingerprint density at radius 2 is 1.82 bits per heavy atom. The number of amides is 1. The average Bonchev–Trinajstić information content (AvgIpc) is 3.23. The number of para-hydroxylation sites is 1. The molecule has 166 valence electrons. The molecule has 6 heteroatoms. The zero-order valence-electron chi connectivity index (χ0n) is 18.7. The van der Waals surface area contributed by atoms with Crippen LogP contribution in [-0.4, -0.2) is 33.7 Å². The Morgan fingerprint density at radius 3 is 2.64 bits per heavy atom. The van der Waals surface area contributed by atoms with E-state index in [1.807, 2.05) is 61.5 Å². The Balaban J connectivity index is 1.32. The number of carbonyl (C=O) groups is 2. The van der Waals surface area contributed by atoms with Crippen LogP contribution in [0.2, 0.25) is 0 Å². The Labute approximate surface area is 193 Å². The van der Waals surface area contributed by atoms with Gasteiger partial charge in [-0.2, -0.15) is 5.10 Å². The number of carbonyl (C=O) groups excluding carboxylic acids is 2. The van der Waals surface area contributed by atoms with Crippen molar-refractivity contribution in [2.75, 3.05) is 11.9 Å². The summed E-state index contributed by atoms with van der Waals surface area (Å²) in [6, 6.07) is 17.6. The first-order valence-corrected chi connectivity index (χ1v) is 11.4. The second-order valence-corrected chi connectivity index (χ2v) is 8.57. The van der Waals surface area contributed by atoms with Crippen molar-refractivity contribution in [1.82, 2.24) is 9.78 Å². The first kappa shape index (κ1) is 21.1. The summed E-state index contributed by atoms with van der Waals surface area (Å²) in [4.78, 5) is 29.8. The third kappa shape index (κ3) is 4.29. The lowest BCUT2D eigenvalue weighted by atomic mass is 9.83. The number of anilines is 1. The molecule has 1 aliphatic carbocycles. The van der Waals surface area contributed by atoms with Gasteiger partial charge in [0, 0.05) is 23.4 Å². The van der Waals surface area contributed by atoms with Crippen LogP contribution in [0.5, 0.6) is 0 Å². The number of hydrogen-bond donors (Lipinski definition) is 1. The fraction of sp³-hybridized carbons (Fsp3) is 0.259. The summed E-state index contributed by atoms with van der Waals surface area (Å²) in [5, 5.41) is 7.40. The molecule has 0 unspecified atom stereocenters. The smallest absolute Gasteiger partial charge is 0.259 e. The maximum absolute atomic E-state index is 13.0. The molecule has 0 spiro atoms. The van der Waals surface area contributed by atoms with E-state index >= 15 is 0 Å². The summed E-state index contributed by atoms with van der Waals surface area (Å²) in [5.74, 6) is -0.00871. The highest BCUT2D eigenvalue weighted by Crippen LogP contribution is 2.30. The SMILES string of the molecule is Cc1c(C(=O)Nc2cccc(CC3=NCC(=O)C4=C3CCCC4)c2)cnn1-c1ccccc1. The van der Waals surface area contributed by atoms with E-state index in [9.17, 15) is 9.59 Å². The highest BCUT2D eigenvalue weighted by atomic mass is 16.1. The molecule has 5 rings (SSSR count). The molecule has 6 nitrogen and oxygen atoms in total. The number of dihydropyridines is 1. The highest BCUT2D eigenvalue weighted by molar-refractivity contribution is 6.14. The van der Waals surface area contributed by atoms with Gasteiger partial charge in [-0.25, -0.2) is 4.68 Å². The third-order valence-electron chi connectivity index (χ3n) is 6.38. The largest absolute Gasteiger partial charge is 0.322 e. The first-order chi connectivity index (χ1) is 16.1. The van der Waals surface area contributed by atoms with Gasteiger partial charge in [-0.1, -0.05) is 30.3 Å². The molecule has 1 aliphatic heterocycles. The van der Waals surface area contributed by atoms with E-state index < -0.39 is 0 Å². The molecular formula is C27H26N4O2. The molecule has 1 aromatic heterocycles. The van der Waals surface area contributed by atoms with Gasteiger partial charge in [0.15, 0.2) is 5.78 Å². The van der Waals surface area contributed by atoms with Crippen LogP contribution in [0.25, 0.3) is 5.69 Å². The molecule has 1 N–H and O–H groups in total. The molecule has 2 aliphatic rings. The van der Waals surface area contributed by atoms with E-state index in [4.69, 9.17) is 0 Å². The molecule has 2 aromatic carbocycles. The van der Waals surface area contributed by atoms with Crippen molar-refractivity contribution in [2.45, 2.75) is 39.0 Å². The lowest BCUT2D eigenvalue weighted by Crippen LogP contribution is -2.24. The Morgan fingerprint density at radius 1 is 1.03 bits per heavy atom. The fourth-order valence-corrected chi connectivity index (χ4v) is 4.67. The number of nitrogens with zero attached hydrogens (tertiary/aromatic N) is 3. The van der Waals surface area contributed by atoms with Crippen LogP contribution in [0, 0.1) is 6.92 Å². The Bertz CT molecular complexity index is 1280. The molecular weight excluding hydrogens is 412 g/mol. The standard InChI is InChI=1S/C27H26N4O2/c1-18-24(16-29-31(18)21-10-3-2-4-11-21)27(33)30-20-9-7-8-19(14-20)15-25-22-12-5-6-13-23(22)26(32)17-28-25/h2-4,7-11,14,16H,5-6,12-13,15,17H2,1H3,(H,30,33). The number of benzene rings is 2. The van der Waals surface area contributed by atoms with Crippen LogP contribution < -0.4 is 5.32 Å². The van der Waals surface area contributed by atoms with Crippen molar-refractivity contribution in [2.24, 2.45) is 4.99 Å². The van der Waals surface area contributed by atoms with Crippen LogP contribution in [0.1, 0.15) is 47.3 Å². The van der Waals surface area contributed by atoms with Gasteiger partial charge in [0.1, 0.15) is 6.54 Å². The van der Waals surface area contributed by atoms with Gasteiger partial charge in [0.05, 0.1) is 23.1 Å². The van der Waals surface area contributed by atoms with E-state index in [0.29, 0.717) is 12.0 Å². The summed E-state index contributed by atoms with van der Waals surface area (Å²) < 4.78 is 1.77. The van der Waals surface area contributed by atoms with Crippen molar-refractivity contribution < 1.29 is 9.59 Å². The highest BCUT2D eigenvalue weighted by Gasteiger charge is 2.26. The predicted molar refractivity (Wildman–Crippen MR) is 129 cm³/mol. The minimum atomic E-state index is -0.190. The number of allylic oxidation sites excluding steroid dienone is 1. The van der Waals surface area contributed by atoms with E-state index in [1.165, 1.54) is 0 Å². The minimum Gasteiger partial charge on any atom is -0.322 e. The zero-order chi connectivity index (χ0) is 22.8. The number of nitrogens with one attached hydrogen (secondary N) is 1. The maximum atomic E-state index is 13.0. The van der Waals surface area contributed by atoms with Gasteiger partial charge in [-0.15, -0.1) is 0 Å². The molecule has 0 fully saturated rings. The number of hydrogen-bond acceptors (Lipinski definition) is 4. The van der Waals surface area contributed by atoms with Crippen molar-refractivity contribution >= 4 is 23.1 Å². The van der Waals surface area contributed by atoms with E-state index in [0.717, 1.165) is 65.2 Å². The monoisotopic (exact) mass is 438 g/mol. The maximum Gasteiger partial charge on any atom is 0.259 e. The van der Waals surface area contributed by atoms with Crippen LogP contribution in [-0.2, 0) is 11.2 Å². The molecule has 0 bridgehead atoms. The molecule has 0 atom stereocenters. The quantitative estimate of drug-likeness (QED) is 0.617. The number of Topliss-reactive ketones (excluding diaryl/α,β-unsaturated/α-hetero) is 1. The molecule has 0 radical (unpaired) electrons. The zero-order valence-corrected chi connectivity index (χ0v) is 18.7. The topological polar surface area (TPSA) is 76.3 Å². The molecule has 3 aromatic rings. The lowest BCUT2D eigenvalue weighted by molar-refractivity contribution is -0.114. The first-order valence-electron chi connectivity index (χ1n) is 11.4. The van der Waals surface area contributed by atoms with Crippen molar-refractivity contribution in [1.29, 1.82) is 0 Å². The number of aliphatic imine (C=N–C) groups is 1. The summed E-state index contributed by atoms with van der Waals surface area (Å²) >= 11 is 0. The third-order valence-corrected chi connectivity index (χ3v) is 6.38. The van der Waals surface area contributed by atoms with E-state index in [1.54, 1.807) is 10.9 Å². The summed E-state index contributed by atoms with van der Waals surface area (Å²) in [7, 11) is 0. The van der Waals surface area contributed by atoms with Gasteiger partial charge in [-0.3, -0.25) is 14.6 Å². The summed E-state index contributed by atoms with van der Waals surface area (Å²) in [6.45, 7) is 2.15. The minimum absolute atomic E-state index is 0.181. The molecule has 0 saturated heterocycles. The molecule has 2 heterocycles. The second-order valence-electron chi connectivity index (χ2n) is 8.57. The predicted octanol–water partition coefficient (Wildman–Crippen LogP) is 4.87. The van der Waals surface area contributed by atoms with Crippen molar-refractivity contribution in [3.63, 3.8) is 0 Å². The summed E-state index contributed by atoms with van der Waals surface area (Å²) in [6.07, 6.45) is 6.27. The fourth-order valence-electron chi connectivity index (χ4n) is 4.67. The van der Waals surface area contributed by atoms with Gasteiger partial charge >= 0.3 is 0 Å². The normalized spacial score (nSPS) is 15.8. The Kier molecular flexibility index (Phi) is 5.73. The van der Waals surface area contributed by atoms with Crippen molar-refractivity contribution in [3.05, 3.63) is 88.8 Å². The average molecular weight is 439 g/mol. The van der Waals surface area contributed by atoms with Crippen LogP contribution in [0.15, 0.2) is 76.9 Å². The van der Waals surface area contributed by atoms with Gasteiger partial charge in [-0.05, 0) is 68.0 Å². The van der Waals surface area contributed by atoms with E-state index in [-0.39, 0.29) is 18.2 Å². The number of rotatable bonds is 5. The van der Waals surface area contributed by atoms with Crippen LogP contribution in [0.4, 0.5) is 5.69 Å². The molecule has 1 amide bonds. The van der Waals surface area contributed by atoms with Crippen LogP contribution in [0.3, 0.4) is 0 Å². The summed E-state index contributed by atoms with van der Waals surface area (Å²) in [5.41, 5.74) is 7.19. The number of aromatic nitrogens is 2. The Hall–Kier alpha value is -3.80. The second kappa shape index (κ2) is 8.98. The number of ketones is 1.